The molecule has 3 N–H and O–H groups in total. The maximum Gasteiger partial charge on any atom is 0.223 e. The van der Waals surface area contributed by atoms with Gasteiger partial charge >= 0.3 is 0 Å². The molecule has 3 atom stereocenters. The highest BCUT2D eigenvalue weighted by Crippen LogP contribution is 2.31. The number of ether oxygens (including phenoxy) is 1. The van der Waals surface area contributed by atoms with E-state index in [2.05, 4.69) is 22.3 Å². The molecule has 2 fully saturated rings. The number of benzene rings is 1. The standard InChI is InChI=1S/C19H29N3O2/c1-24-17-8-3-7-16(11-17)22-10-4-6-15(13-22)21-19(23)18-9-2-5-14(18)12-20/h3,7-8,11,14-15,18H,2,4-6,9-10,12-13,20H2,1H3,(H,21,23)/t14-,15?,18-/m1/s1. The van der Waals surface area contributed by atoms with Crippen LogP contribution in [0.3, 0.4) is 0 Å². The van der Waals surface area contributed by atoms with E-state index in [1.165, 1.54) is 0 Å². The number of methoxy groups -OCH3 is 1. The Hall–Kier alpha value is -1.75. The van der Waals surface area contributed by atoms with Crippen molar-refractivity contribution >= 4 is 11.6 Å². The van der Waals surface area contributed by atoms with Gasteiger partial charge in [-0.15, -0.1) is 0 Å². The van der Waals surface area contributed by atoms with Crippen molar-refractivity contribution in [1.29, 1.82) is 0 Å². The summed E-state index contributed by atoms with van der Waals surface area (Å²) in [7, 11) is 1.69. The molecule has 1 aliphatic heterocycles. The maximum absolute atomic E-state index is 12.6. The molecule has 0 aromatic heterocycles. The molecule has 5 heteroatoms. The third-order valence-electron chi connectivity index (χ3n) is 5.48. The Morgan fingerprint density at radius 2 is 2.21 bits per heavy atom. The van der Waals surface area contributed by atoms with E-state index in [0.29, 0.717) is 12.5 Å². The first-order chi connectivity index (χ1) is 11.7. The molecule has 0 bridgehead atoms. The first-order valence-corrected chi connectivity index (χ1v) is 9.10. The number of carbonyl (C=O) groups excluding carboxylic acids is 1. The average molecular weight is 331 g/mol. The molecule has 0 radical (unpaired) electrons. The number of hydrogen-bond donors (Lipinski definition) is 2. The minimum Gasteiger partial charge on any atom is -0.497 e. The molecule has 0 spiro atoms. The molecule has 1 aromatic carbocycles. The fourth-order valence-electron chi connectivity index (χ4n) is 4.11. The first-order valence-electron chi connectivity index (χ1n) is 9.10. The zero-order valence-electron chi connectivity index (χ0n) is 14.5. The Kier molecular flexibility index (Phi) is 5.61. The van der Waals surface area contributed by atoms with Gasteiger partial charge in [-0.05, 0) is 50.3 Å². The Morgan fingerprint density at radius 1 is 1.33 bits per heavy atom. The van der Waals surface area contributed by atoms with Crippen LogP contribution in [0.5, 0.6) is 5.75 Å². The highest BCUT2D eigenvalue weighted by Gasteiger charge is 2.33. The molecule has 1 saturated carbocycles. The smallest absolute Gasteiger partial charge is 0.223 e. The second kappa shape index (κ2) is 7.88. The van der Waals surface area contributed by atoms with Crippen molar-refractivity contribution in [3.05, 3.63) is 24.3 Å². The predicted molar refractivity (Wildman–Crippen MR) is 96.3 cm³/mol. The van der Waals surface area contributed by atoms with E-state index in [-0.39, 0.29) is 17.9 Å². The van der Waals surface area contributed by atoms with Gasteiger partial charge in [0, 0.05) is 36.8 Å². The monoisotopic (exact) mass is 331 g/mol. The molecule has 1 amide bonds. The zero-order chi connectivity index (χ0) is 16.9. The SMILES string of the molecule is COc1cccc(N2CCCC(NC(=O)[C@@H]3CCC[C@@H]3CN)C2)c1. The molecule has 1 unspecified atom stereocenters. The molecule has 1 saturated heterocycles. The van der Waals surface area contributed by atoms with Gasteiger partial charge in [0.15, 0.2) is 0 Å². The molecule has 1 heterocycles. The van der Waals surface area contributed by atoms with Crippen molar-refractivity contribution in [1.82, 2.24) is 5.32 Å². The highest BCUT2D eigenvalue weighted by atomic mass is 16.5. The molecule has 2 aliphatic rings. The van der Waals surface area contributed by atoms with Crippen molar-refractivity contribution < 1.29 is 9.53 Å². The number of nitrogens with zero attached hydrogens (tertiary/aromatic N) is 1. The minimum absolute atomic E-state index is 0.113. The van der Waals surface area contributed by atoms with Crippen LogP contribution in [0.2, 0.25) is 0 Å². The molecule has 5 nitrogen and oxygen atoms in total. The lowest BCUT2D eigenvalue weighted by Crippen LogP contribution is -2.50. The molecule has 3 rings (SSSR count). The largest absolute Gasteiger partial charge is 0.497 e. The molecular formula is C19H29N3O2. The Bertz CT molecular complexity index is 563. The third-order valence-corrected chi connectivity index (χ3v) is 5.48. The summed E-state index contributed by atoms with van der Waals surface area (Å²) in [5.41, 5.74) is 6.98. The van der Waals surface area contributed by atoms with E-state index in [0.717, 1.165) is 56.6 Å². The summed E-state index contributed by atoms with van der Waals surface area (Å²) in [6, 6.07) is 8.36. The van der Waals surface area contributed by atoms with Gasteiger partial charge in [0.05, 0.1) is 7.11 Å². The summed E-state index contributed by atoms with van der Waals surface area (Å²) in [6.07, 6.45) is 5.34. The molecular weight excluding hydrogens is 302 g/mol. The fourth-order valence-corrected chi connectivity index (χ4v) is 4.11. The van der Waals surface area contributed by atoms with Gasteiger partial charge in [-0.1, -0.05) is 12.5 Å². The van der Waals surface area contributed by atoms with Crippen molar-refractivity contribution in [2.24, 2.45) is 17.6 Å². The van der Waals surface area contributed by atoms with Crippen LogP contribution < -0.4 is 20.7 Å². The van der Waals surface area contributed by atoms with E-state index in [4.69, 9.17) is 10.5 Å². The predicted octanol–water partition coefficient (Wildman–Crippen LogP) is 2.16. The Balaban J connectivity index is 1.60. The minimum atomic E-state index is 0.113. The van der Waals surface area contributed by atoms with Gasteiger partial charge in [-0.2, -0.15) is 0 Å². The van der Waals surface area contributed by atoms with Crippen LogP contribution in [-0.2, 0) is 4.79 Å². The van der Waals surface area contributed by atoms with Crippen molar-refractivity contribution in [2.45, 2.75) is 38.1 Å². The van der Waals surface area contributed by atoms with Crippen LogP contribution in [0.1, 0.15) is 32.1 Å². The van der Waals surface area contributed by atoms with Crippen LogP contribution in [0.15, 0.2) is 24.3 Å². The lowest BCUT2D eigenvalue weighted by atomic mass is 9.94. The highest BCUT2D eigenvalue weighted by molar-refractivity contribution is 5.79. The van der Waals surface area contributed by atoms with Crippen molar-refractivity contribution in [3.8, 4) is 5.75 Å². The maximum atomic E-state index is 12.6. The third kappa shape index (κ3) is 3.83. The van der Waals surface area contributed by atoms with Crippen molar-refractivity contribution in [3.63, 3.8) is 0 Å². The van der Waals surface area contributed by atoms with Gasteiger partial charge in [-0.25, -0.2) is 0 Å². The van der Waals surface area contributed by atoms with Crippen LogP contribution >= 0.6 is 0 Å². The Labute approximate surface area is 144 Å². The zero-order valence-corrected chi connectivity index (χ0v) is 14.5. The quantitative estimate of drug-likeness (QED) is 0.867. The van der Waals surface area contributed by atoms with Gasteiger partial charge in [0.1, 0.15) is 5.75 Å². The normalized spacial score (nSPS) is 27.1. The summed E-state index contributed by atoms with van der Waals surface area (Å²) in [4.78, 5) is 15.0. The van der Waals surface area contributed by atoms with Crippen LogP contribution in [0.25, 0.3) is 0 Å². The van der Waals surface area contributed by atoms with Gasteiger partial charge < -0.3 is 20.7 Å². The molecule has 1 aromatic rings. The summed E-state index contributed by atoms with van der Waals surface area (Å²) in [6.45, 7) is 2.51. The van der Waals surface area contributed by atoms with Crippen LogP contribution in [0, 0.1) is 11.8 Å². The molecule has 132 valence electrons. The molecule has 24 heavy (non-hydrogen) atoms. The average Bonchev–Trinajstić information content (AvgIpc) is 3.11. The van der Waals surface area contributed by atoms with E-state index < -0.39 is 0 Å². The first kappa shape index (κ1) is 17.1. The summed E-state index contributed by atoms with van der Waals surface area (Å²) in [5, 5.41) is 3.29. The van der Waals surface area contributed by atoms with E-state index >= 15 is 0 Å². The summed E-state index contributed by atoms with van der Waals surface area (Å²) < 4.78 is 5.32. The number of nitrogens with one attached hydrogen (secondary N) is 1. The van der Waals surface area contributed by atoms with Gasteiger partial charge in [0.2, 0.25) is 5.91 Å². The number of nitrogens with two attached hydrogens (primary N) is 1. The number of carbonyl (C=O) groups is 1. The lowest BCUT2D eigenvalue weighted by Gasteiger charge is -2.35. The van der Waals surface area contributed by atoms with E-state index in [1.54, 1.807) is 7.11 Å². The number of piperidine rings is 1. The van der Waals surface area contributed by atoms with Crippen LogP contribution in [0.4, 0.5) is 5.69 Å². The van der Waals surface area contributed by atoms with Gasteiger partial charge in [0.25, 0.3) is 0 Å². The number of anilines is 1. The van der Waals surface area contributed by atoms with Crippen LogP contribution in [-0.4, -0.2) is 38.7 Å². The van der Waals surface area contributed by atoms with E-state index in [9.17, 15) is 4.79 Å². The van der Waals surface area contributed by atoms with E-state index in [1.807, 2.05) is 12.1 Å². The number of rotatable bonds is 5. The lowest BCUT2D eigenvalue weighted by molar-refractivity contribution is -0.126. The van der Waals surface area contributed by atoms with Gasteiger partial charge in [-0.3, -0.25) is 4.79 Å². The second-order valence-corrected chi connectivity index (χ2v) is 7.03. The number of amides is 1. The molecule has 1 aliphatic carbocycles. The topological polar surface area (TPSA) is 67.6 Å². The summed E-state index contributed by atoms with van der Waals surface area (Å²) >= 11 is 0. The fraction of sp³-hybridized carbons (Fsp3) is 0.632. The number of hydrogen-bond acceptors (Lipinski definition) is 4. The summed E-state index contributed by atoms with van der Waals surface area (Å²) in [5.74, 6) is 1.56. The van der Waals surface area contributed by atoms with Crippen molar-refractivity contribution in [2.75, 3.05) is 31.6 Å². The Morgan fingerprint density at radius 3 is 3.00 bits per heavy atom. The second-order valence-electron chi connectivity index (χ2n) is 7.03.